The molecule has 0 saturated carbocycles. The molecule has 34 heavy (non-hydrogen) atoms. The molecular formula is C27H30N2O5. The van der Waals surface area contributed by atoms with Crippen LogP contribution in [0.4, 0.5) is 4.79 Å². The molecule has 1 fully saturated rings. The fourth-order valence-electron chi connectivity index (χ4n) is 5.08. The van der Waals surface area contributed by atoms with Gasteiger partial charge in [0.2, 0.25) is 5.91 Å². The zero-order valence-electron chi connectivity index (χ0n) is 19.1. The summed E-state index contributed by atoms with van der Waals surface area (Å²) in [6, 6.07) is 15.0. The number of carbonyl (C=O) groups is 3. The van der Waals surface area contributed by atoms with E-state index in [4.69, 9.17) is 4.74 Å². The Hall–Kier alpha value is -3.61. The Balaban J connectivity index is 1.42. The Kier molecular flexibility index (Phi) is 7.30. The van der Waals surface area contributed by atoms with Crippen LogP contribution < -0.4 is 5.32 Å². The number of hydrogen-bond acceptors (Lipinski definition) is 4. The number of ether oxygens (including phenoxy) is 1. The normalized spacial score (nSPS) is 17.9. The van der Waals surface area contributed by atoms with E-state index in [0.717, 1.165) is 35.1 Å². The third-order valence-corrected chi connectivity index (χ3v) is 6.66. The van der Waals surface area contributed by atoms with Crippen LogP contribution in [0, 0.1) is 0 Å². The average Bonchev–Trinajstić information content (AvgIpc) is 3.16. The summed E-state index contributed by atoms with van der Waals surface area (Å²) in [7, 11) is 0. The van der Waals surface area contributed by atoms with Crippen molar-refractivity contribution in [3.8, 4) is 11.1 Å². The van der Waals surface area contributed by atoms with E-state index < -0.39 is 18.1 Å². The van der Waals surface area contributed by atoms with Crippen LogP contribution in [0.15, 0.2) is 61.2 Å². The van der Waals surface area contributed by atoms with Crippen LogP contribution >= 0.6 is 0 Å². The minimum Gasteiger partial charge on any atom is -0.481 e. The average molecular weight is 463 g/mol. The number of amides is 2. The molecule has 1 heterocycles. The van der Waals surface area contributed by atoms with Crippen molar-refractivity contribution in [3.63, 3.8) is 0 Å². The fourth-order valence-corrected chi connectivity index (χ4v) is 5.08. The van der Waals surface area contributed by atoms with Gasteiger partial charge < -0.3 is 20.1 Å². The Labute approximate surface area is 199 Å². The van der Waals surface area contributed by atoms with Gasteiger partial charge in [0.05, 0.1) is 6.42 Å². The number of carbonyl (C=O) groups excluding carboxylic acids is 2. The van der Waals surface area contributed by atoms with Crippen LogP contribution in [0.5, 0.6) is 0 Å². The lowest BCUT2D eigenvalue weighted by atomic mass is 9.97. The lowest BCUT2D eigenvalue weighted by molar-refractivity contribution is -0.142. The third-order valence-electron chi connectivity index (χ3n) is 6.66. The number of alkyl carbamates (subject to hydrolysis) is 1. The van der Waals surface area contributed by atoms with Gasteiger partial charge in [-0.1, -0.05) is 54.6 Å². The first-order valence-corrected chi connectivity index (χ1v) is 11.7. The van der Waals surface area contributed by atoms with E-state index in [9.17, 15) is 19.5 Å². The Morgan fingerprint density at radius 1 is 1.09 bits per heavy atom. The second-order valence-electron chi connectivity index (χ2n) is 8.83. The highest BCUT2D eigenvalue weighted by Gasteiger charge is 2.34. The van der Waals surface area contributed by atoms with Gasteiger partial charge in [0, 0.05) is 18.5 Å². The van der Waals surface area contributed by atoms with Gasteiger partial charge in [0.1, 0.15) is 12.6 Å². The molecule has 0 radical (unpaired) electrons. The highest BCUT2D eigenvalue weighted by molar-refractivity contribution is 5.86. The smallest absolute Gasteiger partial charge is 0.407 e. The number of hydrogen-bond donors (Lipinski definition) is 2. The van der Waals surface area contributed by atoms with E-state index in [-0.39, 0.29) is 37.3 Å². The molecule has 2 amide bonds. The molecule has 1 saturated heterocycles. The van der Waals surface area contributed by atoms with Crippen molar-refractivity contribution in [3.05, 3.63) is 72.3 Å². The maximum absolute atomic E-state index is 13.2. The molecule has 2 aromatic carbocycles. The molecular weight excluding hydrogens is 432 g/mol. The standard InChI is InChI=1S/C27H30N2O5/c1-2-9-24(26(32)29-15-8-7-10-18(29)16-25(30)31)28-27(33)34-17-23-21-13-5-3-11-19(21)20-12-4-6-14-22(20)23/h2-6,11-14,18,23-24H,1,7-10,15-17H2,(H,28,33)(H,30,31). The van der Waals surface area contributed by atoms with Crippen molar-refractivity contribution in [1.82, 2.24) is 10.2 Å². The highest BCUT2D eigenvalue weighted by atomic mass is 16.5. The maximum Gasteiger partial charge on any atom is 0.407 e. The number of benzene rings is 2. The van der Waals surface area contributed by atoms with Crippen LogP contribution in [0.1, 0.15) is 49.1 Å². The largest absolute Gasteiger partial charge is 0.481 e. The van der Waals surface area contributed by atoms with Crippen molar-refractivity contribution in [2.24, 2.45) is 0 Å². The van der Waals surface area contributed by atoms with Crippen molar-refractivity contribution in [1.29, 1.82) is 0 Å². The first-order valence-electron chi connectivity index (χ1n) is 11.7. The molecule has 1 aliphatic carbocycles. The van der Waals surface area contributed by atoms with E-state index in [0.29, 0.717) is 13.0 Å². The van der Waals surface area contributed by atoms with E-state index in [1.54, 1.807) is 11.0 Å². The summed E-state index contributed by atoms with van der Waals surface area (Å²) in [5.74, 6) is -1.30. The van der Waals surface area contributed by atoms with Crippen molar-refractivity contribution >= 4 is 18.0 Å². The number of nitrogens with one attached hydrogen (secondary N) is 1. The van der Waals surface area contributed by atoms with Gasteiger partial charge in [0.15, 0.2) is 0 Å². The van der Waals surface area contributed by atoms with Crippen molar-refractivity contribution < 1.29 is 24.2 Å². The van der Waals surface area contributed by atoms with Crippen LogP contribution in [0.25, 0.3) is 11.1 Å². The molecule has 1 aliphatic heterocycles. The number of aliphatic carboxylic acids is 1. The molecule has 2 atom stereocenters. The van der Waals surface area contributed by atoms with Gasteiger partial charge in [-0.3, -0.25) is 9.59 Å². The van der Waals surface area contributed by atoms with Crippen LogP contribution in [0.3, 0.4) is 0 Å². The van der Waals surface area contributed by atoms with Gasteiger partial charge in [-0.2, -0.15) is 0 Å². The molecule has 2 aromatic rings. The predicted octanol–water partition coefficient (Wildman–Crippen LogP) is 4.33. The van der Waals surface area contributed by atoms with E-state index in [2.05, 4.69) is 24.0 Å². The summed E-state index contributed by atoms with van der Waals surface area (Å²) in [5.41, 5.74) is 4.50. The second kappa shape index (κ2) is 10.5. The second-order valence-corrected chi connectivity index (χ2v) is 8.83. The SMILES string of the molecule is C=CCC(NC(=O)OCC1c2ccccc2-c2ccccc21)C(=O)N1CCCCC1CC(=O)O. The van der Waals surface area contributed by atoms with Crippen molar-refractivity contribution in [2.45, 2.75) is 50.1 Å². The van der Waals surface area contributed by atoms with Crippen LogP contribution in [0.2, 0.25) is 0 Å². The summed E-state index contributed by atoms with van der Waals surface area (Å²) in [4.78, 5) is 38.8. The van der Waals surface area contributed by atoms with E-state index in [1.165, 1.54) is 0 Å². The Bertz CT molecular complexity index is 1040. The summed E-state index contributed by atoms with van der Waals surface area (Å²) in [5, 5.41) is 11.9. The number of nitrogens with zero attached hydrogens (tertiary/aromatic N) is 1. The lowest BCUT2D eigenvalue weighted by Crippen LogP contribution is -2.53. The van der Waals surface area contributed by atoms with Crippen LogP contribution in [-0.2, 0) is 14.3 Å². The third kappa shape index (κ3) is 4.98. The topological polar surface area (TPSA) is 95.9 Å². The maximum atomic E-state index is 13.2. The predicted molar refractivity (Wildman–Crippen MR) is 128 cm³/mol. The molecule has 2 unspecified atom stereocenters. The Morgan fingerprint density at radius 2 is 1.74 bits per heavy atom. The minimum absolute atomic E-state index is 0.0752. The quantitative estimate of drug-likeness (QED) is 0.570. The number of carboxylic acids is 1. The van der Waals surface area contributed by atoms with Crippen molar-refractivity contribution in [2.75, 3.05) is 13.2 Å². The molecule has 7 heteroatoms. The molecule has 4 rings (SSSR count). The number of piperidine rings is 1. The molecule has 7 nitrogen and oxygen atoms in total. The highest BCUT2D eigenvalue weighted by Crippen LogP contribution is 2.44. The first kappa shape index (κ1) is 23.5. The van der Waals surface area contributed by atoms with Gasteiger partial charge in [-0.15, -0.1) is 6.58 Å². The molecule has 0 aromatic heterocycles. The van der Waals surface area contributed by atoms with Gasteiger partial charge >= 0.3 is 12.1 Å². The first-order chi connectivity index (χ1) is 16.5. The van der Waals surface area contributed by atoms with Gasteiger partial charge in [-0.25, -0.2) is 4.79 Å². The fraction of sp³-hybridized carbons (Fsp3) is 0.370. The van der Waals surface area contributed by atoms with E-state index in [1.807, 2.05) is 36.4 Å². The number of fused-ring (bicyclic) bond motifs is 3. The van der Waals surface area contributed by atoms with Crippen LogP contribution in [-0.4, -0.2) is 53.2 Å². The zero-order chi connectivity index (χ0) is 24.1. The summed E-state index contributed by atoms with van der Waals surface area (Å²) < 4.78 is 5.60. The summed E-state index contributed by atoms with van der Waals surface area (Å²) in [6.07, 6.45) is 3.37. The number of likely N-dealkylation sites (tertiary alicyclic amines) is 1. The molecule has 0 spiro atoms. The molecule has 2 aliphatic rings. The van der Waals surface area contributed by atoms with E-state index >= 15 is 0 Å². The number of rotatable bonds is 8. The zero-order valence-corrected chi connectivity index (χ0v) is 19.1. The van der Waals surface area contributed by atoms with Gasteiger partial charge in [-0.05, 0) is 47.9 Å². The molecule has 178 valence electrons. The molecule has 0 bridgehead atoms. The summed E-state index contributed by atoms with van der Waals surface area (Å²) in [6.45, 7) is 4.34. The number of carboxylic acid groups (broad SMARTS) is 1. The Morgan fingerprint density at radius 3 is 2.35 bits per heavy atom. The monoisotopic (exact) mass is 462 g/mol. The molecule has 2 N–H and O–H groups in total. The lowest BCUT2D eigenvalue weighted by Gasteiger charge is -2.37. The minimum atomic E-state index is -0.936. The van der Waals surface area contributed by atoms with Gasteiger partial charge in [0.25, 0.3) is 0 Å². The summed E-state index contributed by atoms with van der Waals surface area (Å²) >= 11 is 0.